The third-order valence-electron chi connectivity index (χ3n) is 2.70. The van der Waals surface area contributed by atoms with Crippen molar-refractivity contribution in [3.8, 4) is 11.4 Å². The molecular weight excluding hydrogens is 288 g/mol. The summed E-state index contributed by atoms with van der Waals surface area (Å²) in [6.45, 7) is -0.493. The number of rotatable bonds is 5. The van der Waals surface area contributed by atoms with Crippen molar-refractivity contribution in [2.75, 3.05) is 6.61 Å². The Bertz CT molecular complexity index is 710. The van der Waals surface area contributed by atoms with Crippen LogP contribution in [0.4, 0.5) is 0 Å². The standard InChI is InChI=1S/C14H14N4O4/c15-14(16)17-13(21)9-3-4-11(22-8-12(19)20)10(7-9)18-5-1-2-6-18/h1-7H,8H2,(H,19,20)(H4,15,16,17,21). The van der Waals surface area contributed by atoms with Crippen molar-refractivity contribution >= 4 is 17.8 Å². The Morgan fingerprint density at radius 3 is 2.59 bits per heavy atom. The fourth-order valence-corrected chi connectivity index (χ4v) is 1.81. The summed E-state index contributed by atoms with van der Waals surface area (Å²) in [5.74, 6) is -1.78. The maximum absolute atomic E-state index is 11.9. The summed E-state index contributed by atoms with van der Waals surface area (Å²) in [5.41, 5.74) is 5.90. The van der Waals surface area contributed by atoms with E-state index in [0.717, 1.165) is 0 Å². The predicted octanol–water partition coefficient (Wildman–Crippen LogP) is 0.564. The molecule has 1 amide bonds. The van der Waals surface area contributed by atoms with Gasteiger partial charge in [-0.25, -0.2) is 4.79 Å². The van der Waals surface area contributed by atoms with E-state index in [2.05, 4.69) is 5.32 Å². The number of carbonyl (C=O) groups excluding carboxylic acids is 1. The summed E-state index contributed by atoms with van der Waals surface area (Å²) in [5, 5.41) is 18.0. The molecule has 5 N–H and O–H groups in total. The van der Waals surface area contributed by atoms with Crippen molar-refractivity contribution < 1.29 is 19.4 Å². The summed E-state index contributed by atoms with van der Waals surface area (Å²) in [4.78, 5) is 22.5. The van der Waals surface area contributed by atoms with Crippen molar-refractivity contribution in [1.29, 1.82) is 5.41 Å². The van der Waals surface area contributed by atoms with E-state index in [1.807, 2.05) is 0 Å². The number of benzene rings is 1. The highest BCUT2D eigenvalue weighted by atomic mass is 16.5. The molecule has 0 unspecified atom stereocenters. The van der Waals surface area contributed by atoms with E-state index in [4.69, 9.17) is 21.0 Å². The highest BCUT2D eigenvalue weighted by Gasteiger charge is 2.13. The van der Waals surface area contributed by atoms with Crippen LogP contribution in [0, 0.1) is 5.41 Å². The smallest absolute Gasteiger partial charge is 0.341 e. The average molecular weight is 302 g/mol. The third kappa shape index (κ3) is 3.63. The van der Waals surface area contributed by atoms with Gasteiger partial charge in [-0.1, -0.05) is 0 Å². The van der Waals surface area contributed by atoms with Gasteiger partial charge in [0.2, 0.25) is 0 Å². The maximum atomic E-state index is 11.9. The number of aromatic nitrogens is 1. The van der Waals surface area contributed by atoms with Gasteiger partial charge in [-0.05, 0) is 30.3 Å². The van der Waals surface area contributed by atoms with Crippen molar-refractivity contribution in [1.82, 2.24) is 9.88 Å². The molecule has 0 atom stereocenters. The van der Waals surface area contributed by atoms with E-state index in [-0.39, 0.29) is 5.56 Å². The Labute approximate surface area is 125 Å². The van der Waals surface area contributed by atoms with Crippen LogP contribution in [0.5, 0.6) is 5.75 Å². The second kappa shape index (κ2) is 6.44. The van der Waals surface area contributed by atoms with Gasteiger partial charge in [0.25, 0.3) is 5.91 Å². The van der Waals surface area contributed by atoms with Gasteiger partial charge in [0, 0.05) is 18.0 Å². The molecule has 8 nitrogen and oxygen atoms in total. The lowest BCUT2D eigenvalue weighted by atomic mass is 10.1. The molecule has 0 saturated carbocycles. The molecule has 0 bridgehead atoms. The maximum Gasteiger partial charge on any atom is 0.341 e. The molecule has 0 spiro atoms. The van der Waals surface area contributed by atoms with Crippen LogP contribution in [0.1, 0.15) is 10.4 Å². The van der Waals surface area contributed by atoms with Crippen molar-refractivity contribution in [3.63, 3.8) is 0 Å². The van der Waals surface area contributed by atoms with Crippen molar-refractivity contribution in [2.45, 2.75) is 0 Å². The topological polar surface area (TPSA) is 130 Å². The van der Waals surface area contributed by atoms with E-state index < -0.39 is 24.4 Å². The molecule has 0 aliphatic rings. The second-order valence-corrected chi connectivity index (χ2v) is 4.32. The van der Waals surface area contributed by atoms with Crippen LogP contribution < -0.4 is 15.8 Å². The molecule has 2 rings (SSSR count). The average Bonchev–Trinajstić information content (AvgIpc) is 2.98. The number of hydrogen-bond donors (Lipinski definition) is 4. The van der Waals surface area contributed by atoms with Crippen LogP contribution in [0.15, 0.2) is 42.7 Å². The third-order valence-corrected chi connectivity index (χ3v) is 2.70. The number of carbonyl (C=O) groups is 2. The van der Waals surface area contributed by atoms with E-state index in [9.17, 15) is 9.59 Å². The first kappa shape index (κ1) is 15.1. The summed E-state index contributed by atoms with van der Waals surface area (Å²) in [7, 11) is 0. The van der Waals surface area contributed by atoms with Gasteiger partial charge in [-0.2, -0.15) is 0 Å². The second-order valence-electron chi connectivity index (χ2n) is 4.32. The summed E-state index contributed by atoms with van der Waals surface area (Å²) in [6.07, 6.45) is 3.46. The largest absolute Gasteiger partial charge is 0.480 e. The number of aliphatic carboxylic acids is 1. The SMILES string of the molecule is N=C(N)NC(=O)c1ccc(OCC(=O)O)c(-n2cccc2)c1. The minimum Gasteiger partial charge on any atom is -0.480 e. The molecule has 0 saturated heterocycles. The number of nitrogens with one attached hydrogen (secondary N) is 2. The van der Waals surface area contributed by atoms with Crippen LogP contribution in [0.25, 0.3) is 5.69 Å². The quantitative estimate of drug-likeness (QED) is 0.473. The Morgan fingerprint density at radius 1 is 1.32 bits per heavy atom. The van der Waals surface area contributed by atoms with Crippen LogP contribution in [-0.4, -0.2) is 34.1 Å². The molecule has 0 aliphatic carbocycles. The van der Waals surface area contributed by atoms with Gasteiger partial charge in [0.1, 0.15) is 5.75 Å². The number of nitrogens with two attached hydrogens (primary N) is 1. The molecule has 1 heterocycles. The number of hydrogen-bond acceptors (Lipinski definition) is 4. The van der Waals surface area contributed by atoms with Gasteiger partial charge in [-0.15, -0.1) is 0 Å². The van der Waals surface area contributed by atoms with Crippen LogP contribution in [0.2, 0.25) is 0 Å². The van der Waals surface area contributed by atoms with Gasteiger partial charge < -0.3 is 20.1 Å². The van der Waals surface area contributed by atoms with Gasteiger partial charge >= 0.3 is 5.97 Å². The summed E-state index contributed by atoms with van der Waals surface area (Å²) < 4.78 is 6.90. The van der Waals surface area contributed by atoms with Crippen LogP contribution in [0.3, 0.4) is 0 Å². The number of carboxylic acid groups (broad SMARTS) is 1. The summed E-state index contributed by atoms with van der Waals surface area (Å²) in [6, 6.07) is 8.04. The molecular formula is C14H14N4O4. The molecule has 22 heavy (non-hydrogen) atoms. The lowest BCUT2D eigenvalue weighted by Gasteiger charge is -2.13. The van der Waals surface area contributed by atoms with Crippen molar-refractivity contribution in [2.24, 2.45) is 5.73 Å². The minimum atomic E-state index is -1.10. The molecule has 2 aromatic rings. The Balaban J connectivity index is 2.37. The highest BCUT2D eigenvalue weighted by molar-refractivity contribution is 6.04. The first-order valence-electron chi connectivity index (χ1n) is 6.24. The first-order valence-corrected chi connectivity index (χ1v) is 6.24. The van der Waals surface area contributed by atoms with E-state index >= 15 is 0 Å². The molecule has 1 aromatic heterocycles. The Kier molecular flexibility index (Phi) is 4.42. The van der Waals surface area contributed by atoms with Crippen LogP contribution >= 0.6 is 0 Å². The molecule has 1 aromatic carbocycles. The lowest BCUT2D eigenvalue weighted by molar-refractivity contribution is -0.139. The van der Waals surface area contributed by atoms with E-state index in [0.29, 0.717) is 11.4 Å². The fraction of sp³-hybridized carbons (Fsp3) is 0.0714. The fourth-order valence-electron chi connectivity index (χ4n) is 1.81. The van der Waals surface area contributed by atoms with E-state index in [1.54, 1.807) is 29.1 Å². The number of amides is 1. The first-order chi connectivity index (χ1) is 10.5. The molecule has 114 valence electrons. The number of guanidine groups is 1. The van der Waals surface area contributed by atoms with Crippen molar-refractivity contribution in [3.05, 3.63) is 48.3 Å². The predicted molar refractivity (Wildman–Crippen MR) is 78.3 cm³/mol. The number of ether oxygens (including phenoxy) is 1. The lowest BCUT2D eigenvalue weighted by Crippen LogP contribution is -2.35. The number of carboxylic acids is 1. The molecule has 0 fully saturated rings. The molecule has 0 radical (unpaired) electrons. The zero-order valence-corrected chi connectivity index (χ0v) is 11.4. The normalized spacial score (nSPS) is 10.0. The number of nitrogens with zero attached hydrogens (tertiary/aromatic N) is 1. The zero-order chi connectivity index (χ0) is 16.1. The monoisotopic (exact) mass is 302 g/mol. The Morgan fingerprint density at radius 2 is 2.00 bits per heavy atom. The minimum absolute atomic E-state index is 0.265. The molecule has 8 heteroatoms. The van der Waals surface area contributed by atoms with Gasteiger partial charge in [0.05, 0.1) is 5.69 Å². The molecule has 0 aliphatic heterocycles. The van der Waals surface area contributed by atoms with Crippen LogP contribution in [-0.2, 0) is 4.79 Å². The van der Waals surface area contributed by atoms with Gasteiger partial charge in [-0.3, -0.25) is 15.5 Å². The summed E-state index contributed by atoms with van der Waals surface area (Å²) >= 11 is 0. The van der Waals surface area contributed by atoms with Gasteiger partial charge in [0.15, 0.2) is 12.6 Å². The van der Waals surface area contributed by atoms with E-state index in [1.165, 1.54) is 18.2 Å². The highest BCUT2D eigenvalue weighted by Crippen LogP contribution is 2.24. The zero-order valence-electron chi connectivity index (χ0n) is 11.4. The Hall–Kier alpha value is -3.29.